The summed E-state index contributed by atoms with van der Waals surface area (Å²) in [6.45, 7) is 7.30. The molecular formula is C23H33N3O2S. The van der Waals surface area contributed by atoms with Crippen molar-refractivity contribution >= 4 is 33.4 Å². The summed E-state index contributed by atoms with van der Waals surface area (Å²) in [5, 5.41) is 3.32. The van der Waals surface area contributed by atoms with E-state index in [1.54, 1.807) is 11.3 Å². The molecule has 1 aliphatic carbocycles. The molecule has 29 heavy (non-hydrogen) atoms. The lowest BCUT2D eigenvalue weighted by Crippen LogP contribution is -2.65. The second-order valence-corrected chi connectivity index (χ2v) is 9.99. The van der Waals surface area contributed by atoms with E-state index in [1.807, 2.05) is 17.9 Å². The van der Waals surface area contributed by atoms with Crippen LogP contribution in [0.4, 0.5) is 0 Å². The van der Waals surface area contributed by atoms with Gasteiger partial charge in [-0.15, -0.1) is 11.3 Å². The number of carbonyl (C=O) groups excluding carboxylic acids is 2. The number of nitrogens with zero attached hydrogens (tertiary/aromatic N) is 2. The second kappa shape index (κ2) is 8.13. The maximum absolute atomic E-state index is 13.5. The molecule has 1 atom stereocenters. The number of thiophene rings is 1. The van der Waals surface area contributed by atoms with Gasteiger partial charge in [-0.05, 0) is 44.7 Å². The molecule has 0 aromatic carbocycles. The zero-order valence-electron chi connectivity index (χ0n) is 17.9. The van der Waals surface area contributed by atoms with E-state index in [-0.39, 0.29) is 17.9 Å². The molecule has 2 aromatic rings. The van der Waals surface area contributed by atoms with Gasteiger partial charge in [0, 0.05) is 17.5 Å². The van der Waals surface area contributed by atoms with Crippen LogP contribution in [0.15, 0.2) is 12.1 Å². The minimum absolute atomic E-state index is 0.00430. The Kier molecular flexibility index (Phi) is 5.74. The van der Waals surface area contributed by atoms with E-state index in [1.165, 1.54) is 30.6 Å². The maximum Gasteiger partial charge on any atom is 0.271 e. The Labute approximate surface area is 177 Å². The maximum atomic E-state index is 13.5. The molecule has 0 saturated heterocycles. The molecule has 158 valence electrons. The molecule has 3 heterocycles. The molecule has 1 aliphatic heterocycles. The van der Waals surface area contributed by atoms with Crippen LogP contribution in [-0.4, -0.2) is 39.4 Å². The quantitative estimate of drug-likeness (QED) is 0.718. The summed E-state index contributed by atoms with van der Waals surface area (Å²) < 4.78 is 3.24. The molecule has 6 heteroatoms. The molecule has 1 fully saturated rings. The predicted octanol–water partition coefficient (Wildman–Crippen LogP) is 4.73. The van der Waals surface area contributed by atoms with Crippen LogP contribution >= 0.6 is 11.3 Å². The van der Waals surface area contributed by atoms with Crippen LogP contribution in [0.2, 0.25) is 0 Å². The van der Waals surface area contributed by atoms with Gasteiger partial charge < -0.3 is 14.8 Å². The third-order valence-electron chi connectivity index (χ3n) is 6.64. The summed E-state index contributed by atoms with van der Waals surface area (Å²) in [5.74, 6) is -0.0114. The molecule has 2 amide bonds. The Morgan fingerprint density at radius 3 is 2.59 bits per heavy atom. The summed E-state index contributed by atoms with van der Waals surface area (Å²) in [7, 11) is 0. The summed E-state index contributed by atoms with van der Waals surface area (Å²) in [6, 6.07) is 4.45. The normalized spacial score (nSPS) is 23.3. The SMILES string of the molecule is CCCN1C(=O)c2cc3sc(CC)cc3n2C[C@@]1(C)C(=O)NC1CCCCCC1. The third-order valence-corrected chi connectivity index (χ3v) is 7.86. The van der Waals surface area contributed by atoms with Gasteiger partial charge in [0.2, 0.25) is 5.91 Å². The van der Waals surface area contributed by atoms with Gasteiger partial charge in [-0.2, -0.15) is 0 Å². The largest absolute Gasteiger partial charge is 0.351 e. The van der Waals surface area contributed by atoms with Crippen molar-refractivity contribution in [1.82, 2.24) is 14.8 Å². The van der Waals surface area contributed by atoms with Crippen LogP contribution in [0.5, 0.6) is 0 Å². The van der Waals surface area contributed by atoms with Crippen molar-refractivity contribution in [1.29, 1.82) is 0 Å². The zero-order valence-corrected chi connectivity index (χ0v) is 18.7. The minimum Gasteiger partial charge on any atom is -0.351 e. The summed E-state index contributed by atoms with van der Waals surface area (Å²) in [6.07, 6.45) is 8.79. The fourth-order valence-electron chi connectivity index (χ4n) is 4.90. The van der Waals surface area contributed by atoms with Crippen LogP contribution in [0.25, 0.3) is 10.2 Å². The highest BCUT2D eigenvalue weighted by molar-refractivity contribution is 7.19. The summed E-state index contributed by atoms with van der Waals surface area (Å²) >= 11 is 1.75. The van der Waals surface area contributed by atoms with Crippen molar-refractivity contribution in [2.75, 3.05) is 6.54 Å². The van der Waals surface area contributed by atoms with Gasteiger partial charge in [-0.25, -0.2) is 0 Å². The number of hydrogen-bond donors (Lipinski definition) is 1. The van der Waals surface area contributed by atoms with Gasteiger partial charge in [0.15, 0.2) is 0 Å². The van der Waals surface area contributed by atoms with Crippen molar-refractivity contribution in [2.45, 2.75) is 90.3 Å². The lowest BCUT2D eigenvalue weighted by Gasteiger charge is -2.44. The first-order valence-corrected chi connectivity index (χ1v) is 12.0. The summed E-state index contributed by atoms with van der Waals surface area (Å²) in [5.41, 5.74) is 0.967. The molecule has 2 aromatic heterocycles. The minimum atomic E-state index is -0.855. The smallest absolute Gasteiger partial charge is 0.271 e. The van der Waals surface area contributed by atoms with Crippen LogP contribution in [0.1, 0.15) is 81.1 Å². The standard InChI is InChI=1S/C23H33N3O2S/c1-4-12-26-21(27)19-14-20-18(13-17(5-2)29-20)25(19)15-23(26,3)22(28)24-16-10-8-6-7-9-11-16/h13-14,16H,4-12,15H2,1-3H3,(H,24,28)/t23-/m0/s1. The van der Waals surface area contributed by atoms with Gasteiger partial charge in [0.1, 0.15) is 11.2 Å². The fraction of sp³-hybridized carbons (Fsp3) is 0.652. The number of carbonyl (C=O) groups is 2. The van der Waals surface area contributed by atoms with E-state index >= 15 is 0 Å². The average Bonchev–Trinajstić information content (AvgIpc) is 3.14. The summed E-state index contributed by atoms with van der Waals surface area (Å²) in [4.78, 5) is 30.1. The van der Waals surface area contributed by atoms with E-state index < -0.39 is 5.54 Å². The van der Waals surface area contributed by atoms with Gasteiger partial charge in [-0.1, -0.05) is 39.5 Å². The van der Waals surface area contributed by atoms with E-state index in [0.717, 1.165) is 41.6 Å². The molecule has 0 radical (unpaired) electrons. The Balaban J connectivity index is 1.68. The Morgan fingerprint density at radius 2 is 1.93 bits per heavy atom. The molecule has 4 rings (SSSR count). The number of rotatable bonds is 5. The molecule has 1 saturated carbocycles. The number of amides is 2. The highest BCUT2D eigenvalue weighted by Crippen LogP contribution is 2.36. The van der Waals surface area contributed by atoms with Gasteiger partial charge in [-0.3, -0.25) is 9.59 Å². The van der Waals surface area contributed by atoms with E-state index in [4.69, 9.17) is 0 Å². The van der Waals surface area contributed by atoms with E-state index in [9.17, 15) is 9.59 Å². The fourth-order valence-corrected chi connectivity index (χ4v) is 5.94. The molecule has 0 spiro atoms. The van der Waals surface area contributed by atoms with Crippen LogP contribution < -0.4 is 5.32 Å². The molecule has 5 nitrogen and oxygen atoms in total. The molecular weight excluding hydrogens is 382 g/mol. The molecule has 0 unspecified atom stereocenters. The zero-order chi connectivity index (χ0) is 20.6. The first kappa shape index (κ1) is 20.5. The highest BCUT2D eigenvalue weighted by Gasteiger charge is 2.47. The number of nitrogens with one attached hydrogen (secondary N) is 1. The molecule has 0 bridgehead atoms. The third kappa shape index (κ3) is 3.60. The lowest BCUT2D eigenvalue weighted by molar-refractivity contribution is -0.133. The van der Waals surface area contributed by atoms with Crippen molar-refractivity contribution in [3.8, 4) is 0 Å². The van der Waals surface area contributed by atoms with Gasteiger partial charge >= 0.3 is 0 Å². The lowest BCUT2D eigenvalue weighted by atomic mass is 9.93. The highest BCUT2D eigenvalue weighted by atomic mass is 32.1. The van der Waals surface area contributed by atoms with Crippen molar-refractivity contribution < 1.29 is 9.59 Å². The second-order valence-electron chi connectivity index (χ2n) is 8.82. The van der Waals surface area contributed by atoms with Gasteiger partial charge in [0.05, 0.1) is 16.8 Å². The van der Waals surface area contributed by atoms with Crippen LogP contribution in [-0.2, 0) is 17.8 Å². The Hall–Kier alpha value is -1.82. The average molecular weight is 416 g/mol. The first-order chi connectivity index (χ1) is 14.0. The number of aromatic nitrogens is 1. The van der Waals surface area contributed by atoms with Gasteiger partial charge in [0.25, 0.3) is 5.91 Å². The Morgan fingerprint density at radius 1 is 1.21 bits per heavy atom. The predicted molar refractivity (Wildman–Crippen MR) is 119 cm³/mol. The van der Waals surface area contributed by atoms with E-state index in [2.05, 4.69) is 29.8 Å². The molecule has 1 N–H and O–H groups in total. The van der Waals surface area contributed by atoms with E-state index in [0.29, 0.717) is 13.1 Å². The Bertz CT molecular complexity index is 907. The van der Waals surface area contributed by atoms with Crippen molar-refractivity contribution in [3.63, 3.8) is 0 Å². The van der Waals surface area contributed by atoms with Crippen molar-refractivity contribution in [3.05, 3.63) is 22.7 Å². The van der Waals surface area contributed by atoms with Crippen LogP contribution in [0.3, 0.4) is 0 Å². The molecule has 2 aliphatic rings. The number of fused-ring (bicyclic) bond motifs is 3. The monoisotopic (exact) mass is 415 g/mol. The topological polar surface area (TPSA) is 54.3 Å². The first-order valence-electron chi connectivity index (χ1n) is 11.2. The number of hydrogen-bond acceptors (Lipinski definition) is 3. The van der Waals surface area contributed by atoms with Crippen molar-refractivity contribution in [2.24, 2.45) is 0 Å². The van der Waals surface area contributed by atoms with Crippen LogP contribution in [0, 0.1) is 0 Å². The number of aryl methyl sites for hydroxylation is 1.